The highest BCUT2D eigenvalue weighted by Crippen LogP contribution is 2.30. The lowest BCUT2D eigenvalue weighted by Gasteiger charge is -2.20. The summed E-state index contributed by atoms with van der Waals surface area (Å²) in [6, 6.07) is 12.5. The van der Waals surface area contributed by atoms with Crippen molar-refractivity contribution in [3.63, 3.8) is 0 Å². The van der Waals surface area contributed by atoms with E-state index in [1.807, 2.05) is 43.3 Å². The highest BCUT2D eigenvalue weighted by molar-refractivity contribution is 5.96. The fourth-order valence-electron chi connectivity index (χ4n) is 4.83. The Morgan fingerprint density at radius 2 is 1.93 bits per heavy atom. The Morgan fingerprint density at radius 3 is 2.67 bits per heavy atom. The van der Waals surface area contributed by atoms with Crippen LogP contribution in [0.2, 0.25) is 0 Å². The Bertz CT molecular complexity index is 1850. The molecule has 1 aromatic carbocycles. The molecule has 5 aromatic rings. The van der Waals surface area contributed by atoms with Crippen molar-refractivity contribution in [2.75, 3.05) is 5.32 Å². The van der Waals surface area contributed by atoms with Crippen molar-refractivity contribution in [3.05, 3.63) is 102 Å². The molecule has 4 heterocycles. The van der Waals surface area contributed by atoms with Gasteiger partial charge in [0.05, 0.1) is 22.9 Å². The van der Waals surface area contributed by atoms with E-state index in [2.05, 4.69) is 64.4 Å². The number of nitrogens with zero attached hydrogens (tertiary/aromatic N) is 3. The number of allylic oxidation sites excluding steroid dienone is 2. The van der Waals surface area contributed by atoms with Crippen molar-refractivity contribution >= 4 is 34.4 Å². The van der Waals surface area contributed by atoms with Crippen molar-refractivity contribution < 1.29 is 4.39 Å². The number of H-pyrrole nitrogens is 2. The van der Waals surface area contributed by atoms with Gasteiger partial charge in [0.2, 0.25) is 0 Å². The zero-order valence-corrected chi connectivity index (χ0v) is 23.3. The molecule has 5 rings (SSSR count). The highest BCUT2D eigenvalue weighted by Gasteiger charge is 2.15. The van der Waals surface area contributed by atoms with Crippen LogP contribution in [0, 0.1) is 11.2 Å². The number of anilines is 1. The van der Waals surface area contributed by atoms with E-state index in [4.69, 9.17) is 0 Å². The smallest absolute Gasteiger partial charge is 0.138 e. The van der Waals surface area contributed by atoms with Crippen LogP contribution in [0.5, 0.6) is 0 Å². The van der Waals surface area contributed by atoms with Crippen molar-refractivity contribution in [2.24, 2.45) is 5.41 Å². The summed E-state index contributed by atoms with van der Waals surface area (Å²) < 4.78 is 14.0. The van der Waals surface area contributed by atoms with Gasteiger partial charge in [-0.25, -0.2) is 9.37 Å². The monoisotopic (exact) mass is 532 g/mol. The molecule has 0 amide bonds. The molecule has 7 heteroatoms. The lowest BCUT2D eigenvalue weighted by molar-refractivity contribution is 0.411. The SMILES string of the molecule is C=C(CC(C)(C)C)Nc1cncc(C(=C)/C=c2/c(-c3cc4c(-c5cccc(F)c5)ccnc4[nH]3)n[nH]/c2=C/C)c1. The number of fused-ring (bicyclic) bond motifs is 1. The first kappa shape index (κ1) is 26.8. The van der Waals surface area contributed by atoms with Gasteiger partial charge in [0.25, 0.3) is 0 Å². The summed E-state index contributed by atoms with van der Waals surface area (Å²) in [6.45, 7) is 17.0. The number of benzene rings is 1. The Balaban J connectivity index is 1.52. The number of rotatable bonds is 7. The number of nitrogens with one attached hydrogen (secondary N) is 3. The maximum Gasteiger partial charge on any atom is 0.138 e. The van der Waals surface area contributed by atoms with Crippen LogP contribution in [0.25, 0.3) is 51.3 Å². The molecule has 202 valence electrons. The molecule has 0 unspecified atom stereocenters. The number of hydrogen-bond acceptors (Lipinski definition) is 4. The Hall–Kier alpha value is -4.78. The van der Waals surface area contributed by atoms with E-state index in [0.717, 1.165) is 67.4 Å². The van der Waals surface area contributed by atoms with Gasteiger partial charge in [-0.15, -0.1) is 0 Å². The van der Waals surface area contributed by atoms with Gasteiger partial charge in [-0.1, -0.05) is 52.1 Å². The van der Waals surface area contributed by atoms with Gasteiger partial charge in [-0.3, -0.25) is 10.1 Å². The third-order valence-electron chi connectivity index (χ3n) is 6.54. The molecule has 0 saturated heterocycles. The minimum Gasteiger partial charge on any atom is -0.358 e. The molecule has 0 aliphatic carbocycles. The zero-order valence-electron chi connectivity index (χ0n) is 23.3. The second kappa shape index (κ2) is 10.8. The molecule has 0 atom stereocenters. The fourth-order valence-corrected chi connectivity index (χ4v) is 4.83. The lowest BCUT2D eigenvalue weighted by atomic mass is 9.91. The quantitative estimate of drug-likeness (QED) is 0.215. The first-order chi connectivity index (χ1) is 19.1. The second-order valence-electron chi connectivity index (χ2n) is 11.1. The van der Waals surface area contributed by atoms with Crippen LogP contribution in [0.4, 0.5) is 10.1 Å². The molecule has 0 radical (unpaired) electrons. The van der Waals surface area contributed by atoms with Crippen LogP contribution < -0.4 is 15.9 Å². The summed E-state index contributed by atoms with van der Waals surface area (Å²) >= 11 is 0. The van der Waals surface area contributed by atoms with Crippen LogP contribution >= 0.6 is 0 Å². The molecular formula is C33H33FN6. The summed E-state index contributed by atoms with van der Waals surface area (Å²) in [5.74, 6) is -0.281. The lowest BCUT2D eigenvalue weighted by Crippen LogP contribution is -2.23. The highest BCUT2D eigenvalue weighted by atomic mass is 19.1. The molecule has 4 aromatic heterocycles. The molecule has 0 spiro atoms. The molecule has 6 nitrogen and oxygen atoms in total. The summed E-state index contributed by atoms with van der Waals surface area (Å²) in [4.78, 5) is 12.3. The van der Waals surface area contributed by atoms with E-state index in [1.165, 1.54) is 12.1 Å². The molecule has 40 heavy (non-hydrogen) atoms. The minimum absolute atomic E-state index is 0.132. The molecule has 0 aliphatic rings. The topological polar surface area (TPSA) is 82.3 Å². The normalized spacial score (nSPS) is 12.7. The maximum absolute atomic E-state index is 14.0. The maximum atomic E-state index is 14.0. The molecule has 0 bridgehead atoms. The van der Waals surface area contributed by atoms with Gasteiger partial charge in [0.1, 0.15) is 17.2 Å². The number of pyridine rings is 2. The Kier molecular flexibility index (Phi) is 7.22. The second-order valence-corrected chi connectivity index (χ2v) is 11.1. The van der Waals surface area contributed by atoms with Gasteiger partial charge in [-0.2, -0.15) is 5.10 Å². The summed E-state index contributed by atoms with van der Waals surface area (Å²) in [7, 11) is 0. The average molecular weight is 533 g/mol. The first-order valence-electron chi connectivity index (χ1n) is 13.2. The van der Waals surface area contributed by atoms with Crippen LogP contribution in [0.15, 0.2) is 79.9 Å². The fraction of sp³-hybridized carbons (Fsp3) is 0.182. The van der Waals surface area contributed by atoms with E-state index in [9.17, 15) is 4.39 Å². The summed E-state index contributed by atoms with van der Waals surface area (Å²) in [5.41, 5.74) is 7.51. The first-order valence-corrected chi connectivity index (χ1v) is 13.2. The van der Waals surface area contributed by atoms with Crippen LogP contribution in [0.1, 0.15) is 39.7 Å². The van der Waals surface area contributed by atoms with Crippen molar-refractivity contribution in [2.45, 2.75) is 34.1 Å². The summed E-state index contributed by atoms with van der Waals surface area (Å²) in [6.07, 6.45) is 10.1. The van der Waals surface area contributed by atoms with Crippen LogP contribution in [-0.2, 0) is 0 Å². The molecule has 3 N–H and O–H groups in total. The number of aromatic nitrogens is 5. The Labute approximate surface area is 233 Å². The average Bonchev–Trinajstić information content (AvgIpc) is 3.51. The number of hydrogen-bond donors (Lipinski definition) is 3. The van der Waals surface area contributed by atoms with Gasteiger partial charge in [-0.05, 0) is 71.9 Å². The van der Waals surface area contributed by atoms with Crippen molar-refractivity contribution in [3.8, 4) is 22.5 Å². The van der Waals surface area contributed by atoms with Crippen LogP contribution in [-0.4, -0.2) is 25.1 Å². The minimum atomic E-state index is -0.281. The van der Waals surface area contributed by atoms with Crippen molar-refractivity contribution in [1.29, 1.82) is 0 Å². The predicted molar refractivity (Wildman–Crippen MR) is 163 cm³/mol. The van der Waals surface area contributed by atoms with E-state index in [1.54, 1.807) is 24.7 Å². The van der Waals surface area contributed by atoms with Crippen LogP contribution in [0.3, 0.4) is 0 Å². The standard InChI is InChI=1S/C33H33FN6/c1-7-29-28(13-20(2)23-15-25(19-35-18-23)37-21(3)17-33(4,5)6)31(40-39-29)30-16-27-26(11-12-36-32(27)38-30)22-9-8-10-24(34)14-22/h7-16,18-19,37,39H,2-3,17H2,1,4-6H3,(H,36,38)/b28-13+,29-7+. The Morgan fingerprint density at radius 1 is 1.10 bits per heavy atom. The van der Waals surface area contributed by atoms with Crippen molar-refractivity contribution in [1.82, 2.24) is 25.1 Å². The molecule has 0 fully saturated rings. The van der Waals surface area contributed by atoms with Gasteiger partial charge < -0.3 is 10.3 Å². The molecule has 0 saturated carbocycles. The van der Waals surface area contributed by atoms with Gasteiger partial charge in [0, 0.05) is 34.3 Å². The van der Waals surface area contributed by atoms with Gasteiger partial charge in [0.15, 0.2) is 0 Å². The number of halogens is 1. The van der Waals surface area contributed by atoms with E-state index >= 15 is 0 Å². The third-order valence-corrected chi connectivity index (χ3v) is 6.54. The largest absolute Gasteiger partial charge is 0.358 e. The van der Waals surface area contributed by atoms with E-state index < -0.39 is 0 Å². The number of aromatic amines is 2. The molecule has 0 aliphatic heterocycles. The molecular weight excluding hydrogens is 499 g/mol. The predicted octanol–water partition coefficient (Wildman–Crippen LogP) is 6.81. The third kappa shape index (κ3) is 5.78. The van der Waals surface area contributed by atoms with Gasteiger partial charge >= 0.3 is 0 Å². The summed E-state index contributed by atoms with van der Waals surface area (Å²) in [5, 5.41) is 13.8. The zero-order chi connectivity index (χ0) is 28.4. The van der Waals surface area contributed by atoms with E-state index in [0.29, 0.717) is 5.65 Å². The van der Waals surface area contributed by atoms with E-state index in [-0.39, 0.29) is 11.2 Å².